The Morgan fingerprint density at radius 2 is 1.74 bits per heavy atom. The van der Waals surface area contributed by atoms with Gasteiger partial charge >= 0.3 is 0 Å². The standard InChI is InChI=1S/C22H28N4O3.2ClH/c1-14-6-4-7-15(2)20(14)24-11-10-23-12-17(27)13-29-19-9-5-8-18-21(19)25-16(3)22(28)26-18;;/h4-9,17,23-24,27H,10-13H2,1-3H3,(H,26,28);2*1H. The largest absolute Gasteiger partial charge is 0.488 e. The van der Waals surface area contributed by atoms with E-state index in [1.165, 1.54) is 11.1 Å². The van der Waals surface area contributed by atoms with Gasteiger partial charge in [0.25, 0.3) is 5.56 Å². The molecular formula is C22H30Cl2N4O3. The van der Waals surface area contributed by atoms with E-state index in [-0.39, 0.29) is 37.0 Å². The van der Waals surface area contributed by atoms with Crippen LogP contribution in [0.3, 0.4) is 0 Å². The number of fused-ring (bicyclic) bond motifs is 1. The van der Waals surface area contributed by atoms with Crippen molar-refractivity contribution in [1.29, 1.82) is 0 Å². The molecule has 1 aromatic heterocycles. The fourth-order valence-electron chi connectivity index (χ4n) is 3.17. The van der Waals surface area contributed by atoms with Gasteiger partial charge in [0.15, 0.2) is 0 Å². The molecule has 0 saturated heterocycles. The zero-order valence-corrected chi connectivity index (χ0v) is 19.5. The number of nitrogens with zero attached hydrogens (tertiary/aromatic N) is 1. The van der Waals surface area contributed by atoms with E-state index in [1.807, 2.05) is 0 Å². The molecule has 2 aromatic carbocycles. The van der Waals surface area contributed by atoms with Crippen LogP contribution >= 0.6 is 24.8 Å². The quantitative estimate of drug-likeness (QED) is 0.360. The van der Waals surface area contributed by atoms with E-state index in [9.17, 15) is 9.90 Å². The normalized spacial score (nSPS) is 11.4. The number of halogens is 2. The number of aliphatic hydroxyl groups excluding tert-OH is 1. The Kier molecular flexibility index (Phi) is 10.8. The highest BCUT2D eigenvalue weighted by Crippen LogP contribution is 2.21. The van der Waals surface area contributed by atoms with Crippen molar-refractivity contribution in [2.24, 2.45) is 0 Å². The van der Waals surface area contributed by atoms with Crippen LogP contribution in [0.1, 0.15) is 16.8 Å². The fourth-order valence-corrected chi connectivity index (χ4v) is 3.17. The van der Waals surface area contributed by atoms with Crippen molar-refractivity contribution in [1.82, 2.24) is 15.3 Å². The maximum atomic E-state index is 11.7. The summed E-state index contributed by atoms with van der Waals surface area (Å²) < 4.78 is 5.74. The number of aromatic amines is 1. The fraction of sp³-hybridized carbons (Fsp3) is 0.364. The highest BCUT2D eigenvalue weighted by molar-refractivity contribution is 5.85. The lowest BCUT2D eigenvalue weighted by molar-refractivity contribution is 0.107. The summed E-state index contributed by atoms with van der Waals surface area (Å²) in [6.07, 6.45) is -0.658. The average Bonchev–Trinajstić information content (AvgIpc) is 2.69. The van der Waals surface area contributed by atoms with Crippen molar-refractivity contribution >= 4 is 41.5 Å². The second kappa shape index (κ2) is 12.5. The van der Waals surface area contributed by atoms with E-state index in [4.69, 9.17) is 4.74 Å². The maximum Gasteiger partial charge on any atom is 0.269 e. The second-order valence-electron chi connectivity index (χ2n) is 7.17. The number of nitrogens with one attached hydrogen (secondary N) is 3. The Hall–Kier alpha value is -2.32. The number of aromatic nitrogens is 2. The lowest BCUT2D eigenvalue weighted by Crippen LogP contribution is -2.34. The van der Waals surface area contributed by atoms with Gasteiger partial charge in [-0.15, -0.1) is 24.8 Å². The molecule has 1 heterocycles. The monoisotopic (exact) mass is 468 g/mol. The number of benzene rings is 2. The van der Waals surface area contributed by atoms with Crippen LogP contribution in [-0.4, -0.2) is 47.4 Å². The van der Waals surface area contributed by atoms with Crippen LogP contribution in [0, 0.1) is 20.8 Å². The van der Waals surface area contributed by atoms with Gasteiger partial charge in [0.2, 0.25) is 0 Å². The SMILES string of the molecule is Cc1cccc(C)c1NCCNCC(O)COc1cccc2[nH]c(=O)c(C)nc12.Cl.Cl. The Morgan fingerprint density at radius 1 is 1.06 bits per heavy atom. The molecule has 0 saturated carbocycles. The first-order valence-electron chi connectivity index (χ1n) is 9.77. The molecule has 0 aliphatic rings. The molecule has 7 nitrogen and oxygen atoms in total. The minimum Gasteiger partial charge on any atom is -0.488 e. The van der Waals surface area contributed by atoms with Crippen LogP contribution in [0.25, 0.3) is 11.0 Å². The van der Waals surface area contributed by atoms with Crippen molar-refractivity contribution in [2.45, 2.75) is 26.9 Å². The molecule has 0 bridgehead atoms. The van der Waals surface area contributed by atoms with Gasteiger partial charge in [0, 0.05) is 25.3 Å². The summed E-state index contributed by atoms with van der Waals surface area (Å²) in [6, 6.07) is 11.6. The summed E-state index contributed by atoms with van der Waals surface area (Å²) in [5.41, 5.74) is 4.97. The van der Waals surface area contributed by atoms with Gasteiger partial charge in [0.1, 0.15) is 29.7 Å². The molecule has 0 radical (unpaired) electrons. The van der Waals surface area contributed by atoms with Crippen molar-refractivity contribution in [3.63, 3.8) is 0 Å². The Bertz CT molecular complexity index is 1020. The minimum absolute atomic E-state index is 0. The third kappa shape index (κ3) is 7.11. The van der Waals surface area contributed by atoms with Crippen molar-refractivity contribution in [3.8, 4) is 5.75 Å². The topological polar surface area (TPSA) is 99.3 Å². The molecule has 0 spiro atoms. The summed E-state index contributed by atoms with van der Waals surface area (Å²) in [6.45, 7) is 7.87. The third-order valence-corrected chi connectivity index (χ3v) is 4.75. The molecule has 3 aromatic rings. The van der Waals surface area contributed by atoms with Crippen molar-refractivity contribution in [3.05, 3.63) is 63.6 Å². The average molecular weight is 469 g/mol. The molecule has 31 heavy (non-hydrogen) atoms. The van der Waals surface area contributed by atoms with E-state index in [1.54, 1.807) is 25.1 Å². The van der Waals surface area contributed by atoms with Gasteiger partial charge in [-0.05, 0) is 44.0 Å². The minimum atomic E-state index is -0.658. The molecule has 4 N–H and O–H groups in total. The van der Waals surface area contributed by atoms with Gasteiger partial charge in [-0.2, -0.15) is 0 Å². The predicted molar refractivity (Wildman–Crippen MR) is 130 cm³/mol. The summed E-state index contributed by atoms with van der Waals surface area (Å²) in [7, 11) is 0. The van der Waals surface area contributed by atoms with E-state index >= 15 is 0 Å². The zero-order chi connectivity index (χ0) is 20.8. The first kappa shape index (κ1) is 26.7. The molecule has 0 aliphatic heterocycles. The van der Waals surface area contributed by atoms with E-state index < -0.39 is 6.10 Å². The highest BCUT2D eigenvalue weighted by atomic mass is 35.5. The number of para-hydroxylation sites is 2. The number of hydrogen-bond acceptors (Lipinski definition) is 6. The van der Waals surface area contributed by atoms with Gasteiger partial charge in [-0.3, -0.25) is 4.79 Å². The van der Waals surface area contributed by atoms with Crippen molar-refractivity contribution in [2.75, 3.05) is 31.6 Å². The maximum absolute atomic E-state index is 11.7. The molecule has 0 aliphatic carbocycles. The van der Waals surface area contributed by atoms with Gasteiger partial charge in [0.05, 0.1) is 5.52 Å². The zero-order valence-electron chi connectivity index (χ0n) is 17.9. The molecule has 170 valence electrons. The van der Waals surface area contributed by atoms with Gasteiger partial charge < -0.3 is 25.5 Å². The first-order chi connectivity index (χ1) is 14.0. The molecule has 3 rings (SSSR count). The highest BCUT2D eigenvalue weighted by Gasteiger charge is 2.10. The van der Waals surface area contributed by atoms with Crippen LogP contribution in [-0.2, 0) is 0 Å². The number of H-pyrrole nitrogens is 1. The van der Waals surface area contributed by atoms with Crippen LogP contribution in [0.15, 0.2) is 41.2 Å². The Balaban J connectivity index is 0.00000240. The molecule has 0 fully saturated rings. The summed E-state index contributed by atoms with van der Waals surface area (Å²) in [4.78, 5) is 18.8. The van der Waals surface area contributed by atoms with Crippen LogP contribution in [0.5, 0.6) is 5.75 Å². The van der Waals surface area contributed by atoms with Crippen molar-refractivity contribution < 1.29 is 9.84 Å². The number of aryl methyl sites for hydroxylation is 3. The van der Waals surface area contributed by atoms with E-state index in [2.05, 4.69) is 52.6 Å². The van der Waals surface area contributed by atoms with E-state index in [0.29, 0.717) is 29.0 Å². The smallest absolute Gasteiger partial charge is 0.269 e. The predicted octanol–water partition coefficient (Wildman–Crippen LogP) is 3.13. The summed E-state index contributed by atoms with van der Waals surface area (Å²) in [5, 5.41) is 16.9. The Labute approximate surface area is 194 Å². The molecular weight excluding hydrogens is 439 g/mol. The van der Waals surface area contributed by atoms with E-state index in [0.717, 1.165) is 18.8 Å². The third-order valence-electron chi connectivity index (χ3n) is 4.75. The number of rotatable bonds is 9. The molecule has 0 amide bonds. The first-order valence-corrected chi connectivity index (χ1v) is 9.77. The lowest BCUT2D eigenvalue weighted by atomic mass is 10.1. The van der Waals surface area contributed by atoms with Crippen LogP contribution in [0.2, 0.25) is 0 Å². The van der Waals surface area contributed by atoms with Gasteiger partial charge in [-0.1, -0.05) is 24.3 Å². The summed E-state index contributed by atoms with van der Waals surface area (Å²) >= 11 is 0. The second-order valence-corrected chi connectivity index (χ2v) is 7.17. The molecule has 9 heteroatoms. The number of ether oxygens (including phenoxy) is 1. The molecule has 1 unspecified atom stereocenters. The Morgan fingerprint density at radius 3 is 2.45 bits per heavy atom. The van der Waals surface area contributed by atoms with Crippen LogP contribution < -0.4 is 20.9 Å². The lowest BCUT2D eigenvalue weighted by Gasteiger charge is -2.16. The summed E-state index contributed by atoms with van der Waals surface area (Å²) in [5.74, 6) is 0.539. The molecule has 1 atom stereocenters. The number of anilines is 1. The number of hydrogen-bond donors (Lipinski definition) is 4. The van der Waals surface area contributed by atoms with Crippen LogP contribution in [0.4, 0.5) is 5.69 Å². The van der Waals surface area contributed by atoms with Gasteiger partial charge in [-0.25, -0.2) is 4.98 Å². The number of aliphatic hydroxyl groups is 1.